The molecule has 0 saturated heterocycles. The Balaban J connectivity index is 1.48. The van der Waals surface area contributed by atoms with Gasteiger partial charge in [-0.1, -0.05) is 11.6 Å². The number of hydrogen-bond acceptors (Lipinski definition) is 6. The van der Waals surface area contributed by atoms with E-state index in [0.29, 0.717) is 41.2 Å². The molecule has 0 fully saturated rings. The predicted octanol–water partition coefficient (Wildman–Crippen LogP) is 3.06. The first-order valence-electron chi connectivity index (χ1n) is 8.29. The molecule has 27 heavy (non-hydrogen) atoms. The van der Waals surface area contributed by atoms with Gasteiger partial charge < -0.3 is 24.3 Å². The van der Waals surface area contributed by atoms with E-state index in [0.717, 1.165) is 0 Å². The van der Waals surface area contributed by atoms with Gasteiger partial charge >= 0.3 is 5.97 Å². The Hall–Kier alpha value is -2.93. The Morgan fingerprint density at radius 3 is 2.56 bits per heavy atom. The van der Waals surface area contributed by atoms with Crippen molar-refractivity contribution in [1.29, 1.82) is 0 Å². The molecule has 1 aliphatic rings. The fourth-order valence-corrected chi connectivity index (χ4v) is 2.45. The van der Waals surface area contributed by atoms with Crippen LogP contribution in [0.3, 0.4) is 0 Å². The van der Waals surface area contributed by atoms with E-state index in [4.69, 9.17) is 30.5 Å². The Bertz CT molecular complexity index is 823. The molecule has 0 spiro atoms. The Kier molecular flexibility index (Phi) is 6.03. The lowest BCUT2D eigenvalue weighted by Gasteiger charge is -2.19. The van der Waals surface area contributed by atoms with Crippen molar-refractivity contribution in [3.63, 3.8) is 0 Å². The first kappa shape index (κ1) is 18.8. The van der Waals surface area contributed by atoms with Crippen molar-refractivity contribution >= 4 is 29.2 Å². The highest BCUT2D eigenvalue weighted by molar-refractivity contribution is 6.30. The number of amides is 1. The first-order valence-corrected chi connectivity index (χ1v) is 8.67. The Morgan fingerprint density at radius 2 is 1.81 bits per heavy atom. The molecular weight excluding hydrogens is 374 g/mol. The van der Waals surface area contributed by atoms with Gasteiger partial charge in [0.25, 0.3) is 5.91 Å². The summed E-state index contributed by atoms with van der Waals surface area (Å²) in [5.41, 5.74) is 0.518. The second-order valence-corrected chi connectivity index (χ2v) is 6.16. The topological polar surface area (TPSA) is 83.1 Å². The minimum atomic E-state index is -0.987. The molecule has 1 aliphatic heterocycles. The third kappa shape index (κ3) is 5.27. The van der Waals surface area contributed by atoms with Crippen molar-refractivity contribution < 1.29 is 28.5 Å². The van der Waals surface area contributed by atoms with Gasteiger partial charge in [-0.2, -0.15) is 0 Å². The number of anilines is 1. The highest BCUT2D eigenvalue weighted by atomic mass is 35.5. The summed E-state index contributed by atoms with van der Waals surface area (Å²) in [5, 5.41) is 3.23. The Labute approximate surface area is 161 Å². The molecule has 0 saturated carbocycles. The van der Waals surface area contributed by atoms with Crippen LogP contribution in [0.25, 0.3) is 0 Å². The molecule has 1 unspecified atom stereocenters. The third-order valence-electron chi connectivity index (χ3n) is 3.66. The van der Waals surface area contributed by atoms with Crippen molar-refractivity contribution in [3.05, 3.63) is 47.5 Å². The fourth-order valence-electron chi connectivity index (χ4n) is 2.32. The van der Waals surface area contributed by atoms with Crippen molar-refractivity contribution in [2.45, 2.75) is 13.0 Å². The summed E-state index contributed by atoms with van der Waals surface area (Å²) < 4.78 is 21.3. The average molecular weight is 392 g/mol. The second kappa shape index (κ2) is 8.64. The van der Waals surface area contributed by atoms with Gasteiger partial charge in [-0.05, 0) is 43.3 Å². The lowest BCUT2D eigenvalue weighted by molar-refractivity contribution is -0.155. The van der Waals surface area contributed by atoms with Gasteiger partial charge in [-0.25, -0.2) is 4.79 Å². The second-order valence-electron chi connectivity index (χ2n) is 5.72. The van der Waals surface area contributed by atoms with Gasteiger partial charge in [-0.3, -0.25) is 4.79 Å². The molecule has 7 nitrogen and oxygen atoms in total. The largest absolute Gasteiger partial charge is 0.486 e. The molecule has 0 radical (unpaired) electrons. The smallest absolute Gasteiger partial charge is 0.344 e. The van der Waals surface area contributed by atoms with Gasteiger partial charge in [-0.15, -0.1) is 0 Å². The van der Waals surface area contributed by atoms with E-state index >= 15 is 0 Å². The molecule has 8 heteroatoms. The van der Waals surface area contributed by atoms with Crippen LogP contribution in [0, 0.1) is 0 Å². The molecule has 3 rings (SSSR count). The number of nitrogens with one attached hydrogen (secondary N) is 1. The van der Waals surface area contributed by atoms with Crippen molar-refractivity contribution in [2.24, 2.45) is 0 Å². The minimum absolute atomic E-state index is 0.316. The maximum Gasteiger partial charge on any atom is 0.344 e. The summed E-state index contributed by atoms with van der Waals surface area (Å²) in [5.74, 6) is 0.532. The molecule has 0 aromatic heterocycles. The molecule has 1 N–H and O–H groups in total. The van der Waals surface area contributed by atoms with Gasteiger partial charge in [0.2, 0.25) is 0 Å². The monoisotopic (exact) mass is 391 g/mol. The van der Waals surface area contributed by atoms with E-state index in [-0.39, 0.29) is 6.61 Å². The molecule has 1 heterocycles. The summed E-state index contributed by atoms with van der Waals surface area (Å²) in [6.45, 7) is 2.10. The minimum Gasteiger partial charge on any atom is -0.486 e. The van der Waals surface area contributed by atoms with Gasteiger partial charge in [0.15, 0.2) is 24.2 Å². The standard InChI is InChI=1S/C19H18ClNO6/c1-12(27-18(22)11-26-15-5-2-13(20)3-6-15)19(23)21-14-4-7-16-17(10-14)25-9-8-24-16/h2-7,10,12H,8-9,11H2,1H3,(H,21,23). The molecule has 0 bridgehead atoms. The third-order valence-corrected chi connectivity index (χ3v) is 3.91. The fraction of sp³-hybridized carbons (Fsp3) is 0.263. The average Bonchev–Trinajstić information content (AvgIpc) is 2.67. The molecule has 1 atom stereocenters. The van der Waals surface area contributed by atoms with Crippen LogP contribution in [-0.4, -0.2) is 37.8 Å². The van der Waals surface area contributed by atoms with Crippen LogP contribution in [-0.2, 0) is 14.3 Å². The van der Waals surface area contributed by atoms with E-state index in [9.17, 15) is 9.59 Å². The molecule has 0 aliphatic carbocycles. The Morgan fingerprint density at radius 1 is 1.11 bits per heavy atom. The normalized spacial score (nSPS) is 13.4. The number of fused-ring (bicyclic) bond motifs is 1. The van der Waals surface area contributed by atoms with Crippen LogP contribution < -0.4 is 19.5 Å². The van der Waals surface area contributed by atoms with Gasteiger partial charge in [0, 0.05) is 16.8 Å². The van der Waals surface area contributed by atoms with E-state index in [1.165, 1.54) is 6.92 Å². The maximum absolute atomic E-state index is 12.2. The zero-order valence-corrected chi connectivity index (χ0v) is 15.3. The van der Waals surface area contributed by atoms with E-state index in [1.807, 2.05) is 0 Å². The number of carbonyl (C=O) groups is 2. The SMILES string of the molecule is CC(OC(=O)COc1ccc(Cl)cc1)C(=O)Nc1ccc2c(c1)OCCO2. The zero-order valence-electron chi connectivity index (χ0n) is 14.6. The molecule has 2 aromatic carbocycles. The number of esters is 1. The highest BCUT2D eigenvalue weighted by Gasteiger charge is 2.19. The number of hydrogen-bond donors (Lipinski definition) is 1. The van der Waals surface area contributed by atoms with Crippen molar-refractivity contribution in [3.8, 4) is 17.2 Å². The highest BCUT2D eigenvalue weighted by Crippen LogP contribution is 2.32. The lowest BCUT2D eigenvalue weighted by Crippen LogP contribution is -2.31. The number of ether oxygens (including phenoxy) is 4. The molecule has 142 valence electrons. The van der Waals surface area contributed by atoms with Gasteiger partial charge in [0.1, 0.15) is 19.0 Å². The van der Waals surface area contributed by atoms with Crippen LogP contribution in [0.4, 0.5) is 5.69 Å². The van der Waals surface area contributed by atoms with Crippen molar-refractivity contribution in [2.75, 3.05) is 25.1 Å². The quantitative estimate of drug-likeness (QED) is 0.762. The number of benzene rings is 2. The van der Waals surface area contributed by atoms with Crippen LogP contribution in [0.2, 0.25) is 5.02 Å². The summed E-state index contributed by atoms with van der Waals surface area (Å²) in [7, 11) is 0. The van der Waals surface area contributed by atoms with Crippen molar-refractivity contribution in [1.82, 2.24) is 0 Å². The van der Waals surface area contributed by atoms with E-state index < -0.39 is 18.0 Å². The van der Waals surface area contributed by atoms with Crippen LogP contribution in [0.1, 0.15) is 6.92 Å². The predicted molar refractivity (Wildman–Crippen MR) is 98.6 cm³/mol. The zero-order chi connectivity index (χ0) is 19.2. The summed E-state index contributed by atoms with van der Waals surface area (Å²) in [4.78, 5) is 24.1. The lowest BCUT2D eigenvalue weighted by atomic mass is 10.2. The van der Waals surface area contributed by atoms with Gasteiger partial charge in [0.05, 0.1) is 0 Å². The maximum atomic E-state index is 12.2. The van der Waals surface area contributed by atoms with Crippen LogP contribution >= 0.6 is 11.6 Å². The molecule has 1 amide bonds. The molecular formula is C19H18ClNO6. The number of carbonyl (C=O) groups excluding carboxylic acids is 2. The van der Waals surface area contributed by atoms with E-state index in [2.05, 4.69) is 5.32 Å². The van der Waals surface area contributed by atoms with Crippen LogP contribution in [0.5, 0.6) is 17.2 Å². The first-order chi connectivity index (χ1) is 13.0. The van der Waals surface area contributed by atoms with Crippen LogP contribution in [0.15, 0.2) is 42.5 Å². The summed E-state index contributed by atoms with van der Waals surface area (Å²) in [6.07, 6.45) is -0.987. The number of rotatable bonds is 6. The number of halogens is 1. The summed E-state index contributed by atoms with van der Waals surface area (Å²) >= 11 is 5.78. The summed E-state index contributed by atoms with van der Waals surface area (Å²) in [6, 6.07) is 11.6. The molecule has 2 aromatic rings. The van der Waals surface area contributed by atoms with E-state index in [1.54, 1.807) is 42.5 Å².